The van der Waals surface area contributed by atoms with Crippen molar-refractivity contribution in [3.63, 3.8) is 0 Å². The number of rotatable bonds is 7. The minimum Gasteiger partial charge on any atom is -0.494 e. The van der Waals surface area contributed by atoms with E-state index >= 15 is 0 Å². The van der Waals surface area contributed by atoms with Gasteiger partial charge in [0.1, 0.15) is 11.4 Å². The molecule has 0 spiro atoms. The summed E-state index contributed by atoms with van der Waals surface area (Å²) in [5.41, 5.74) is 1.98. The summed E-state index contributed by atoms with van der Waals surface area (Å²) in [5, 5.41) is 4.58. The summed E-state index contributed by atoms with van der Waals surface area (Å²) in [6.07, 6.45) is 6.53. The van der Waals surface area contributed by atoms with E-state index < -0.39 is 5.91 Å². The second-order valence-electron chi connectivity index (χ2n) is 6.02. The molecule has 3 aromatic rings. The van der Waals surface area contributed by atoms with E-state index in [1.807, 2.05) is 6.07 Å². The number of aromatic amines is 1. The maximum atomic E-state index is 12.6. The van der Waals surface area contributed by atoms with Gasteiger partial charge in [-0.05, 0) is 30.4 Å². The molecule has 30 heavy (non-hydrogen) atoms. The number of allylic oxidation sites excluding steroid dienone is 2. The van der Waals surface area contributed by atoms with E-state index in [9.17, 15) is 4.79 Å². The van der Waals surface area contributed by atoms with Crippen molar-refractivity contribution in [2.45, 2.75) is 0 Å². The molecule has 0 saturated carbocycles. The molecule has 3 rings (SSSR count). The van der Waals surface area contributed by atoms with Crippen molar-refractivity contribution < 1.29 is 19.0 Å². The molecule has 0 bridgehead atoms. The molecule has 156 valence electrons. The van der Waals surface area contributed by atoms with E-state index in [2.05, 4.69) is 15.3 Å². The van der Waals surface area contributed by atoms with Crippen molar-refractivity contribution >= 4 is 51.8 Å². The Bertz CT molecular complexity index is 1080. The summed E-state index contributed by atoms with van der Waals surface area (Å²) < 4.78 is 15.6. The minimum absolute atomic E-state index is 0.0846. The second kappa shape index (κ2) is 9.56. The van der Waals surface area contributed by atoms with E-state index in [1.54, 1.807) is 30.4 Å². The number of anilines is 1. The average molecular weight is 448 g/mol. The zero-order valence-corrected chi connectivity index (χ0v) is 18.0. The van der Waals surface area contributed by atoms with Crippen LogP contribution in [0.15, 0.2) is 48.4 Å². The maximum absolute atomic E-state index is 12.6. The Morgan fingerprint density at radius 1 is 1.13 bits per heavy atom. The van der Waals surface area contributed by atoms with Gasteiger partial charge in [-0.15, -0.1) is 0 Å². The molecule has 2 heterocycles. The SMILES string of the molecule is CO/C(=C\C=C\c1cc2cc(Cl)c(Cl)cc2[nH]1)C(=O)Nc1c(OC)ccnc1OC. The Labute approximate surface area is 183 Å². The molecule has 2 N–H and O–H groups in total. The van der Waals surface area contributed by atoms with Crippen LogP contribution in [0.25, 0.3) is 17.0 Å². The van der Waals surface area contributed by atoms with Crippen LogP contribution in [-0.2, 0) is 9.53 Å². The van der Waals surface area contributed by atoms with Gasteiger partial charge in [-0.3, -0.25) is 4.79 Å². The van der Waals surface area contributed by atoms with Crippen LogP contribution in [0.3, 0.4) is 0 Å². The van der Waals surface area contributed by atoms with Crippen LogP contribution < -0.4 is 14.8 Å². The van der Waals surface area contributed by atoms with E-state index in [1.165, 1.54) is 33.6 Å². The number of ether oxygens (including phenoxy) is 3. The van der Waals surface area contributed by atoms with Crippen molar-refractivity contribution in [3.05, 3.63) is 64.1 Å². The Balaban J connectivity index is 1.80. The molecule has 0 atom stereocenters. The molecule has 0 aliphatic carbocycles. The number of pyridine rings is 1. The highest BCUT2D eigenvalue weighted by Crippen LogP contribution is 2.32. The lowest BCUT2D eigenvalue weighted by Gasteiger charge is -2.13. The molecule has 2 aromatic heterocycles. The number of nitrogens with one attached hydrogen (secondary N) is 2. The van der Waals surface area contributed by atoms with E-state index in [0.717, 1.165) is 16.6 Å². The van der Waals surface area contributed by atoms with Crippen molar-refractivity contribution in [1.82, 2.24) is 9.97 Å². The lowest BCUT2D eigenvalue weighted by Crippen LogP contribution is -2.17. The van der Waals surface area contributed by atoms with Gasteiger partial charge in [0.05, 0.1) is 31.4 Å². The van der Waals surface area contributed by atoms with Gasteiger partial charge in [0.25, 0.3) is 5.91 Å². The number of carbonyl (C=O) groups excluding carboxylic acids is 1. The number of methoxy groups -OCH3 is 3. The number of aromatic nitrogens is 2. The first-order chi connectivity index (χ1) is 14.5. The summed E-state index contributed by atoms with van der Waals surface area (Å²) in [7, 11) is 4.35. The zero-order valence-electron chi connectivity index (χ0n) is 16.5. The summed E-state index contributed by atoms with van der Waals surface area (Å²) in [6, 6.07) is 7.07. The van der Waals surface area contributed by atoms with Gasteiger partial charge in [0, 0.05) is 28.9 Å². The van der Waals surface area contributed by atoms with Crippen LogP contribution >= 0.6 is 23.2 Å². The van der Waals surface area contributed by atoms with E-state index in [4.69, 9.17) is 37.4 Å². The fourth-order valence-electron chi connectivity index (χ4n) is 2.76. The van der Waals surface area contributed by atoms with Crippen molar-refractivity contribution in [3.8, 4) is 11.6 Å². The van der Waals surface area contributed by atoms with Crippen LogP contribution in [0.2, 0.25) is 10.0 Å². The Morgan fingerprint density at radius 3 is 2.60 bits per heavy atom. The van der Waals surface area contributed by atoms with Crippen LogP contribution in [0.4, 0.5) is 5.69 Å². The standard InChI is InChI=1S/C21H19Cl2N3O4/c1-28-17-7-8-24-21(30-3)19(17)26-20(27)18(29-2)6-4-5-13-9-12-10-14(22)15(23)11-16(12)25-13/h4-11,25H,1-3H3,(H,26,27)/b5-4+,18-6-. The predicted octanol–water partition coefficient (Wildman–Crippen LogP) is 5.07. The first kappa shape index (κ1) is 21.5. The highest BCUT2D eigenvalue weighted by molar-refractivity contribution is 6.42. The monoisotopic (exact) mass is 447 g/mol. The number of carbonyl (C=O) groups is 1. The largest absolute Gasteiger partial charge is 0.494 e. The van der Waals surface area contributed by atoms with Gasteiger partial charge in [-0.2, -0.15) is 0 Å². The molecular formula is C21H19Cl2N3O4. The molecule has 0 fully saturated rings. The van der Waals surface area contributed by atoms with E-state index in [-0.39, 0.29) is 11.6 Å². The Hall–Kier alpha value is -3.16. The number of benzene rings is 1. The lowest BCUT2D eigenvalue weighted by molar-refractivity contribution is -0.115. The van der Waals surface area contributed by atoms with Crippen LogP contribution in [0, 0.1) is 0 Å². The molecule has 9 heteroatoms. The Morgan fingerprint density at radius 2 is 1.90 bits per heavy atom. The first-order valence-electron chi connectivity index (χ1n) is 8.75. The fraction of sp³-hybridized carbons (Fsp3) is 0.143. The zero-order chi connectivity index (χ0) is 21.7. The van der Waals surface area contributed by atoms with Crippen molar-refractivity contribution in [2.75, 3.05) is 26.6 Å². The number of hydrogen-bond donors (Lipinski definition) is 2. The van der Waals surface area contributed by atoms with Crippen molar-refractivity contribution in [2.24, 2.45) is 0 Å². The van der Waals surface area contributed by atoms with Gasteiger partial charge in [-0.1, -0.05) is 29.3 Å². The number of nitrogens with zero attached hydrogens (tertiary/aromatic N) is 1. The molecular weight excluding hydrogens is 429 g/mol. The quantitative estimate of drug-likeness (QED) is 0.300. The molecule has 1 aromatic carbocycles. The topological polar surface area (TPSA) is 85.5 Å². The summed E-state index contributed by atoms with van der Waals surface area (Å²) >= 11 is 12.1. The van der Waals surface area contributed by atoms with Gasteiger partial charge in [0.2, 0.25) is 5.88 Å². The van der Waals surface area contributed by atoms with Crippen molar-refractivity contribution in [1.29, 1.82) is 0 Å². The molecule has 0 unspecified atom stereocenters. The third-order valence-electron chi connectivity index (χ3n) is 4.18. The molecule has 0 saturated heterocycles. The highest BCUT2D eigenvalue weighted by Gasteiger charge is 2.17. The van der Waals surface area contributed by atoms with E-state index in [0.29, 0.717) is 21.5 Å². The number of H-pyrrole nitrogens is 1. The van der Waals surface area contributed by atoms with Gasteiger partial charge >= 0.3 is 0 Å². The smallest absolute Gasteiger partial charge is 0.290 e. The number of fused-ring (bicyclic) bond motifs is 1. The van der Waals surface area contributed by atoms with Gasteiger partial charge < -0.3 is 24.5 Å². The lowest BCUT2D eigenvalue weighted by atomic mass is 10.2. The van der Waals surface area contributed by atoms with Crippen LogP contribution in [0.5, 0.6) is 11.6 Å². The normalized spacial score (nSPS) is 11.7. The second-order valence-corrected chi connectivity index (χ2v) is 6.84. The summed E-state index contributed by atoms with van der Waals surface area (Å²) in [4.78, 5) is 19.9. The van der Waals surface area contributed by atoms with Gasteiger partial charge in [0.15, 0.2) is 5.76 Å². The molecule has 0 radical (unpaired) electrons. The maximum Gasteiger partial charge on any atom is 0.290 e. The average Bonchev–Trinajstić information content (AvgIpc) is 3.12. The predicted molar refractivity (Wildman–Crippen MR) is 118 cm³/mol. The fourth-order valence-corrected chi connectivity index (χ4v) is 3.09. The van der Waals surface area contributed by atoms with Crippen LogP contribution in [0.1, 0.15) is 5.69 Å². The summed E-state index contributed by atoms with van der Waals surface area (Å²) in [5.74, 6) is 0.240. The number of hydrogen-bond acceptors (Lipinski definition) is 5. The minimum atomic E-state index is -0.484. The molecule has 0 aliphatic heterocycles. The number of halogens is 2. The third kappa shape index (κ3) is 4.69. The molecule has 0 aliphatic rings. The summed E-state index contributed by atoms with van der Waals surface area (Å²) in [6.45, 7) is 0. The van der Waals surface area contributed by atoms with Gasteiger partial charge in [-0.25, -0.2) is 4.98 Å². The third-order valence-corrected chi connectivity index (χ3v) is 4.90. The molecule has 7 nitrogen and oxygen atoms in total. The molecule has 1 amide bonds. The Kier molecular flexibility index (Phi) is 6.87. The van der Waals surface area contributed by atoms with Crippen LogP contribution in [-0.4, -0.2) is 37.2 Å². The number of amides is 1. The highest BCUT2D eigenvalue weighted by atomic mass is 35.5. The first-order valence-corrected chi connectivity index (χ1v) is 9.51.